The first-order valence-corrected chi connectivity index (χ1v) is 8.02. The molecule has 20 heavy (non-hydrogen) atoms. The molecule has 1 aliphatic heterocycles. The Morgan fingerprint density at radius 3 is 2.50 bits per heavy atom. The predicted octanol–water partition coefficient (Wildman–Crippen LogP) is 2.85. The Labute approximate surface area is 127 Å². The third kappa shape index (κ3) is 3.87. The predicted molar refractivity (Wildman–Crippen MR) is 87.9 cm³/mol. The van der Waals surface area contributed by atoms with Crippen LogP contribution in [0.2, 0.25) is 5.02 Å². The minimum Gasteiger partial charge on any atom is -0.368 e. The molecule has 2 rings (SSSR count). The van der Waals surface area contributed by atoms with E-state index < -0.39 is 0 Å². The van der Waals surface area contributed by atoms with Gasteiger partial charge in [0, 0.05) is 38.8 Å². The van der Waals surface area contributed by atoms with Gasteiger partial charge in [0.25, 0.3) is 0 Å². The number of hydrogen-bond donors (Lipinski definition) is 1. The molecule has 0 aliphatic carbocycles. The van der Waals surface area contributed by atoms with Gasteiger partial charge in [-0.3, -0.25) is 4.90 Å². The van der Waals surface area contributed by atoms with Crippen molar-refractivity contribution >= 4 is 17.3 Å². The Kier molecular flexibility index (Phi) is 6.14. The van der Waals surface area contributed by atoms with Crippen LogP contribution < -0.4 is 10.2 Å². The van der Waals surface area contributed by atoms with Gasteiger partial charge in [0.1, 0.15) is 0 Å². The number of anilines is 1. The van der Waals surface area contributed by atoms with Gasteiger partial charge in [0.2, 0.25) is 0 Å². The fraction of sp³-hybridized carbons (Fsp3) is 0.625. The summed E-state index contributed by atoms with van der Waals surface area (Å²) in [5.41, 5.74) is 1.18. The van der Waals surface area contributed by atoms with Crippen LogP contribution in [0.4, 0.5) is 5.69 Å². The van der Waals surface area contributed by atoms with Crippen LogP contribution in [0.15, 0.2) is 24.3 Å². The smallest absolute Gasteiger partial charge is 0.0639 e. The van der Waals surface area contributed by atoms with Crippen LogP contribution in [0.1, 0.15) is 19.8 Å². The zero-order chi connectivity index (χ0) is 14.4. The fourth-order valence-electron chi connectivity index (χ4n) is 3.02. The summed E-state index contributed by atoms with van der Waals surface area (Å²) in [6.45, 7) is 7.72. The Morgan fingerprint density at radius 2 is 1.90 bits per heavy atom. The number of nitrogens with zero attached hydrogens (tertiary/aromatic N) is 2. The molecule has 1 saturated heterocycles. The van der Waals surface area contributed by atoms with E-state index in [1.54, 1.807) is 0 Å². The molecule has 1 aromatic carbocycles. The Hall–Kier alpha value is -0.770. The van der Waals surface area contributed by atoms with Crippen molar-refractivity contribution in [2.45, 2.75) is 25.8 Å². The van der Waals surface area contributed by atoms with Crippen molar-refractivity contribution in [3.05, 3.63) is 29.3 Å². The molecule has 112 valence electrons. The highest BCUT2D eigenvalue weighted by molar-refractivity contribution is 6.33. The lowest BCUT2D eigenvalue weighted by molar-refractivity contribution is 0.173. The lowest BCUT2D eigenvalue weighted by atomic mass is 10.1. The van der Waals surface area contributed by atoms with E-state index in [0.717, 1.165) is 37.7 Å². The molecule has 0 bridgehead atoms. The monoisotopic (exact) mass is 295 g/mol. The van der Waals surface area contributed by atoms with Crippen LogP contribution in [0.25, 0.3) is 0 Å². The lowest BCUT2D eigenvalue weighted by Crippen LogP contribution is -2.52. The Morgan fingerprint density at radius 1 is 1.20 bits per heavy atom. The normalized spacial score (nSPS) is 18.2. The number of likely N-dealkylation sites (N-methyl/N-ethyl adjacent to an activating group) is 1. The second-order valence-corrected chi connectivity index (χ2v) is 5.88. The maximum Gasteiger partial charge on any atom is 0.0639 e. The molecule has 1 aromatic rings. The van der Waals surface area contributed by atoms with Gasteiger partial charge in [0.05, 0.1) is 10.7 Å². The van der Waals surface area contributed by atoms with Crippen LogP contribution in [-0.2, 0) is 0 Å². The van der Waals surface area contributed by atoms with Crippen LogP contribution >= 0.6 is 11.6 Å². The first-order valence-electron chi connectivity index (χ1n) is 7.64. The maximum absolute atomic E-state index is 6.29. The molecule has 0 amide bonds. The van der Waals surface area contributed by atoms with E-state index in [-0.39, 0.29) is 0 Å². The van der Waals surface area contributed by atoms with Crippen LogP contribution in [0.5, 0.6) is 0 Å². The van der Waals surface area contributed by atoms with Crippen molar-refractivity contribution in [1.82, 2.24) is 10.2 Å². The first kappa shape index (κ1) is 15.6. The van der Waals surface area contributed by atoms with E-state index in [9.17, 15) is 0 Å². The summed E-state index contributed by atoms with van der Waals surface area (Å²) in [6.07, 6.45) is 2.52. The van der Waals surface area contributed by atoms with Gasteiger partial charge in [-0.15, -0.1) is 0 Å². The van der Waals surface area contributed by atoms with Crippen molar-refractivity contribution in [2.75, 3.05) is 44.7 Å². The number of rotatable bonds is 6. The lowest BCUT2D eigenvalue weighted by Gasteiger charge is -2.40. The van der Waals surface area contributed by atoms with Crippen molar-refractivity contribution in [2.24, 2.45) is 0 Å². The number of hydrogen-bond acceptors (Lipinski definition) is 3. The number of nitrogens with one attached hydrogen (secondary N) is 1. The summed E-state index contributed by atoms with van der Waals surface area (Å²) in [5.74, 6) is 0. The zero-order valence-electron chi connectivity index (χ0n) is 12.6. The second kappa shape index (κ2) is 7.87. The van der Waals surface area contributed by atoms with Crippen LogP contribution in [0.3, 0.4) is 0 Å². The molecule has 1 heterocycles. The molecule has 1 fully saturated rings. The third-order valence-electron chi connectivity index (χ3n) is 4.09. The van der Waals surface area contributed by atoms with E-state index >= 15 is 0 Å². The minimum absolute atomic E-state index is 0.665. The molecule has 0 aromatic heterocycles. The first-order chi connectivity index (χ1) is 9.76. The van der Waals surface area contributed by atoms with E-state index in [2.05, 4.69) is 34.2 Å². The van der Waals surface area contributed by atoms with Gasteiger partial charge >= 0.3 is 0 Å². The highest BCUT2D eigenvalue weighted by Crippen LogP contribution is 2.26. The SMILES string of the molecule is CCCC(CNC)N1CCN(c2ccccc2Cl)CC1. The molecule has 0 radical (unpaired) electrons. The Balaban J connectivity index is 1.93. The quantitative estimate of drug-likeness (QED) is 0.871. The van der Waals surface area contributed by atoms with Gasteiger partial charge in [0.15, 0.2) is 0 Å². The summed E-state index contributed by atoms with van der Waals surface area (Å²) in [4.78, 5) is 5.02. The van der Waals surface area contributed by atoms with Crippen LogP contribution in [0, 0.1) is 0 Å². The van der Waals surface area contributed by atoms with Crippen LogP contribution in [-0.4, -0.2) is 50.7 Å². The molecular weight excluding hydrogens is 270 g/mol. The second-order valence-electron chi connectivity index (χ2n) is 5.47. The number of halogens is 1. The average molecular weight is 296 g/mol. The van der Waals surface area contributed by atoms with Gasteiger partial charge < -0.3 is 10.2 Å². The maximum atomic E-state index is 6.29. The largest absolute Gasteiger partial charge is 0.368 e. The summed E-state index contributed by atoms with van der Waals surface area (Å²) in [6, 6.07) is 8.82. The molecule has 1 N–H and O–H groups in total. The van der Waals surface area contributed by atoms with E-state index in [4.69, 9.17) is 11.6 Å². The van der Waals surface area contributed by atoms with Gasteiger partial charge in [-0.1, -0.05) is 37.1 Å². The van der Waals surface area contributed by atoms with E-state index in [1.165, 1.54) is 18.5 Å². The molecule has 1 atom stereocenters. The van der Waals surface area contributed by atoms with E-state index in [1.807, 2.05) is 19.2 Å². The fourth-order valence-corrected chi connectivity index (χ4v) is 3.27. The minimum atomic E-state index is 0.665. The molecule has 4 heteroatoms. The Bertz CT molecular complexity index is 396. The third-order valence-corrected chi connectivity index (χ3v) is 4.41. The van der Waals surface area contributed by atoms with Crippen molar-refractivity contribution < 1.29 is 0 Å². The van der Waals surface area contributed by atoms with Gasteiger partial charge in [-0.25, -0.2) is 0 Å². The van der Waals surface area contributed by atoms with Crippen molar-refractivity contribution in [3.63, 3.8) is 0 Å². The zero-order valence-corrected chi connectivity index (χ0v) is 13.4. The number of benzene rings is 1. The molecule has 1 aliphatic rings. The average Bonchev–Trinajstić information content (AvgIpc) is 2.48. The van der Waals surface area contributed by atoms with Gasteiger partial charge in [-0.05, 0) is 25.6 Å². The summed E-state index contributed by atoms with van der Waals surface area (Å²) >= 11 is 6.29. The molecule has 0 spiro atoms. The standard InChI is InChI=1S/C16H26ClN3/c1-3-6-14(13-18-2)19-9-11-20(12-10-19)16-8-5-4-7-15(16)17/h4-5,7-8,14,18H,3,6,9-13H2,1-2H3. The topological polar surface area (TPSA) is 18.5 Å². The van der Waals surface area contributed by atoms with Crippen molar-refractivity contribution in [1.29, 1.82) is 0 Å². The highest BCUT2D eigenvalue weighted by atomic mass is 35.5. The van der Waals surface area contributed by atoms with Gasteiger partial charge in [-0.2, -0.15) is 0 Å². The summed E-state index contributed by atoms with van der Waals surface area (Å²) in [5, 5.41) is 4.19. The highest BCUT2D eigenvalue weighted by Gasteiger charge is 2.23. The number of piperazine rings is 1. The number of para-hydroxylation sites is 1. The van der Waals surface area contributed by atoms with E-state index in [0.29, 0.717) is 6.04 Å². The summed E-state index contributed by atoms with van der Waals surface area (Å²) in [7, 11) is 2.04. The molecule has 1 unspecified atom stereocenters. The summed E-state index contributed by atoms with van der Waals surface area (Å²) < 4.78 is 0. The molecule has 3 nitrogen and oxygen atoms in total. The van der Waals surface area contributed by atoms with Crippen molar-refractivity contribution in [3.8, 4) is 0 Å². The molecule has 0 saturated carbocycles. The molecular formula is C16H26ClN3.